The molecule has 0 amide bonds. The van der Waals surface area contributed by atoms with Crippen LogP contribution in [-0.4, -0.2) is 17.8 Å². The van der Waals surface area contributed by atoms with E-state index in [1.54, 1.807) is 0 Å². The van der Waals surface area contributed by atoms with E-state index in [0.29, 0.717) is 5.84 Å². The highest BCUT2D eigenvalue weighted by Gasteiger charge is 1.96. The van der Waals surface area contributed by atoms with Gasteiger partial charge in [0.15, 0.2) is 0 Å². The van der Waals surface area contributed by atoms with E-state index in [1.807, 2.05) is 31.1 Å². The molecule has 0 heterocycles. The number of rotatable bonds is 3. The van der Waals surface area contributed by atoms with Crippen LogP contribution in [0.4, 0.5) is 0 Å². The van der Waals surface area contributed by atoms with Crippen molar-refractivity contribution in [1.82, 2.24) is 4.90 Å². The van der Waals surface area contributed by atoms with Crippen LogP contribution in [0.1, 0.15) is 26.7 Å². The zero-order valence-electron chi connectivity index (χ0n) is 7.02. The van der Waals surface area contributed by atoms with Gasteiger partial charge in [0.05, 0.1) is 5.84 Å². The van der Waals surface area contributed by atoms with Crippen LogP contribution in [0, 0.1) is 5.41 Å². The number of allylic oxidation sites excluding steroid dienone is 1. The van der Waals surface area contributed by atoms with Crippen molar-refractivity contribution in [3.8, 4) is 0 Å². The Balaban J connectivity index is 3.70. The van der Waals surface area contributed by atoms with Crippen LogP contribution in [-0.2, 0) is 0 Å². The minimum absolute atomic E-state index is 0.681. The van der Waals surface area contributed by atoms with Crippen molar-refractivity contribution in [3.05, 3.63) is 12.3 Å². The summed E-state index contributed by atoms with van der Waals surface area (Å²) in [6.07, 6.45) is 5.74. The van der Waals surface area contributed by atoms with Gasteiger partial charge in [0.1, 0.15) is 0 Å². The molecule has 58 valence electrons. The highest BCUT2D eigenvalue weighted by atomic mass is 15.1. The molecule has 2 nitrogen and oxygen atoms in total. The normalized spacial score (nSPS) is 10.3. The molecule has 0 aromatic carbocycles. The summed E-state index contributed by atoms with van der Waals surface area (Å²) in [7, 11) is 1.90. The third-order valence-electron chi connectivity index (χ3n) is 1.29. The molecule has 1 N–H and O–H groups in total. The Morgan fingerprint density at radius 1 is 1.60 bits per heavy atom. The molecule has 0 fully saturated rings. The van der Waals surface area contributed by atoms with Crippen molar-refractivity contribution >= 4 is 5.84 Å². The van der Waals surface area contributed by atoms with E-state index in [4.69, 9.17) is 5.41 Å². The maximum Gasteiger partial charge on any atom is 0.0995 e. The van der Waals surface area contributed by atoms with Gasteiger partial charge < -0.3 is 4.90 Å². The first-order chi connectivity index (χ1) is 4.72. The largest absolute Gasteiger partial charge is 0.340 e. The van der Waals surface area contributed by atoms with Gasteiger partial charge in [-0.1, -0.05) is 13.0 Å². The van der Waals surface area contributed by atoms with E-state index < -0.39 is 0 Å². The van der Waals surface area contributed by atoms with E-state index in [0.717, 1.165) is 12.8 Å². The van der Waals surface area contributed by atoms with Crippen molar-refractivity contribution in [3.63, 3.8) is 0 Å². The van der Waals surface area contributed by atoms with Gasteiger partial charge in [-0.25, -0.2) is 0 Å². The lowest BCUT2D eigenvalue weighted by Gasteiger charge is -2.13. The number of nitrogens with one attached hydrogen (secondary N) is 1. The Labute approximate surface area is 63.0 Å². The molecule has 0 aromatic heterocycles. The van der Waals surface area contributed by atoms with E-state index in [1.165, 1.54) is 0 Å². The van der Waals surface area contributed by atoms with Crippen molar-refractivity contribution in [1.29, 1.82) is 5.41 Å². The molecule has 2 heteroatoms. The number of amidine groups is 1. The first-order valence-corrected chi connectivity index (χ1v) is 3.65. The monoisotopic (exact) mass is 140 g/mol. The molecule has 0 bridgehead atoms. The summed E-state index contributed by atoms with van der Waals surface area (Å²) in [5.41, 5.74) is 0. The molecule has 0 saturated carbocycles. The van der Waals surface area contributed by atoms with Gasteiger partial charge in [0.25, 0.3) is 0 Å². The minimum Gasteiger partial charge on any atom is -0.340 e. The summed E-state index contributed by atoms with van der Waals surface area (Å²) in [5, 5.41) is 7.47. The lowest BCUT2D eigenvalue weighted by Crippen LogP contribution is -2.19. The van der Waals surface area contributed by atoms with Crippen LogP contribution < -0.4 is 0 Å². The van der Waals surface area contributed by atoms with Crippen molar-refractivity contribution in [2.45, 2.75) is 26.7 Å². The van der Waals surface area contributed by atoms with Crippen molar-refractivity contribution in [2.75, 3.05) is 7.05 Å². The number of nitrogens with zero attached hydrogens (tertiary/aromatic N) is 1. The van der Waals surface area contributed by atoms with Crippen molar-refractivity contribution < 1.29 is 0 Å². The molecular formula is C8H16N2. The van der Waals surface area contributed by atoms with Gasteiger partial charge in [-0.05, 0) is 13.3 Å². The fourth-order valence-electron chi connectivity index (χ4n) is 0.727. The molecule has 0 radical (unpaired) electrons. The smallest absolute Gasteiger partial charge is 0.0995 e. The van der Waals surface area contributed by atoms with Crippen LogP contribution in [0.15, 0.2) is 12.3 Å². The fraction of sp³-hybridized carbons (Fsp3) is 0.625. The topological polar surface area (TPSA) is 27.1 Å². The van der Waals surface area contributed by atoms with Crippen molar-refractivity contribution in [2.24, 2.45) is 0 Å². The van der Waals surface area contributed by atoms with Crippen LogP contribution in [0.3, 0.4) is 0 Å². The van der Waals surface area contributed by atoms with Crippen LogP contribution >= 0.6 is 0 Å². The first-order valence-electron chi connectivity index (χ1n) is 3.65. The fourth-order valence-corrected chi connectivity index (χ4v) is 0.727. The molecule has 0 aliphatic heterocycles. The summed E-state index contributed by atoms with van der Waals surface area (Å²) in [4.78, 5) is 1.84. The Kier molecular flexibility index (Phi) is 4.63. The zero-order chi connectivity index (χ0) is 7.98. The Morgan fingerprint density at radius 3 is 2.60 bits per heavy atom. The van der Waals surface area contributed by atoms with E-state index in [2.05, 4.69) is 6.92 Å². The molecule has 0 spiro atoms. The first kappa shape index (κ1) is 9.21. The molecule has 10 heavy (non-hydrogen) atoms. The lowest BCUT2D eigenvalue weighted by molar-refractivity contribution is 0.652. The summed E-state index contributed by atoms with van der Waals surface area (Å²) in [5.74, 6) is 0.681. The predicted molar refractivity (Wildman–Crippen MR) is 45.2 cm³/mol. The van der Waals surface area contributed by atoms with Gasteiger partial charge >= 0.3 is 0 Å². The molecule has 0 saturated heterocycles. The molecule has 0 unspecified atom stereocenters. The van der Waals surface area contributed by atoms with Crippen LogP contribution in [0.25, 0.3) is 0 Å². The molecule has 0 atom stereocenters. The second-order valence-corrected chi connectivity index (χ2v) is 2.29. The highest BCUT2D eigenvalue weighted by molar-refractivity contribution is 5.79. The molecule has 0 aliphatic carbocycles. The quantitative estimate of drug-likeness (QED) is 0.472. The summed E-state index contributed by atoms with van der Waals surface area (Å²) >= 11 is 0. The van der Waals surface area contributed by atoms with Crippen LogP contribution in [0.2, 0.25) is 0 Å². The van der Waals surface area contributed by atoms with Gasteiger partial charge in [-0.15, -0.1) is 0 Å². The minimum atomic E-state index is 0.681. The SMILES string of the molecule is C/C=C\N(C)C(=N)CCC. The molecular weight excluding hydrogens is 124 g/mol. The predicted octanol–water partition coefficient (Wildman–Crippen LogP) is 2.23. The average molecular weight is 140 g/mol. The molecule has 0 aliphatic rings. The summed E-state index contributed by atoms with van der Waals surface area (Å²) in [6.45, 7) is 4.04. The Bertz CT molecular complexity index is 127. The van der Waals surface area contributed by atoms with Crippen LogP contribution in [0.5, 0.6) is 0 Å². The second-order valence-electron chi connectivity index (χ2n) is 2.29. The summed E-state index contributed by atoms with van der Waals surface area (Å²) < 4.78 is 0. The Hall–Kier alpha value is -0.790. The van der Waals surface area contributed by atoms with E-state index in [-0.39, 0.29) is 0 Å². The number of hydrogen-bond acceptors (Lipinski definition) is 1. The standard InChI is InChI=1S/C8H16N2/c1-4-6-8(9)10(3)7-5-2/h5,7,9H,4,6H2,1-3H3/b7-5-,9-8?. The lowest BCUT2D eigenvalue weighted by atomic mass is 10.3. The maximum atomic E-state index is 7.47. The average Bonchev–Trinajstić information content (AvgIpc) is 1.89. The van der Waals surface area contributed by atoms with E-state index in [9.17, 15) is 0 Å². The van der Waals surface area contributed by atoms with Gasteiger partial charge in [-0.3, -0.25) is 5.41 Å². The summed E-state index contributed by atoms with van der Waals surface area (Å²) in [6, 6.07) is 0. The Morgan fingerprint density at radius 2 is 2.20 bits per heavy atom. The highest BCUT2D eigenvalue weighted by Crippen LogP contribution is 1.95. The van der Waals surface area contributed by atoms with Gasteiger partial charge in [0, 0.05) is 19.7 Å². The van der Waals surface area contributed by atoms with Gasteiger partial charge in [0.2, 0.25) is 0 Å². The third-order valence-corrected chi connectivity index (χ3v) is 1.29. The molecule has 0 rings (SSSR count). The second kappa shape index (κ2) is 5.03. The van der Waals surface area contributed by atoms with E-state index >= 15 is 0 Å². The number of hydrogen-bond donors (Lipinski definition) is 1. The molecule has 0 aromatic rings. The van der Waals surface area contributed by atoms with Gasteiger partial charge in [-0.2, -0.15) is 0 Å². The third kappa shape index (κ3) is 3.28. The maximum absolute atomic E-state index is 7.47. The zero-order valence-corrected chi connectivity index (χ0v) is 7.02.